The molecule has 2 N–H and O–H groups in total. The molecule has 1 aromatic heterocycles. The molecule has 3 atom stereocenters. The number of ether oxygens (including phenoxy) is 1. The number of rotatable bonds is 10. The van der Waals surface area contributed by atoms with Gasteiger partial charge in [-0.05, 0) is 42.2 Å². The van der Waals surface area contributed by atoms with Crippen molar-refractivity contribution in [1.82, 2.24) is 15.5 Å². The van der Waals surface area contributed by atoms with Gasteiger partial charge in [0.1, 0.15) is 16.8 Å². The van der Waals surface area contributed by atoms with E-state index in [0.717, 1.165) is 23.3 Å². The molecule has 174 valence electrons. The van der Waals surface area contributed by atoms with E-state index in [1.807, 2.05) is 75.4 Å². The van der Waals surface area contributed by atoms with Crippen molar-refractivity contribution < 1.29 is 14.3 Å². The minimum atomic E-state index is -0.673. The van der Waals surface area contributed by atoms with Crippen LogP contribution in [0.5, 0.6) is 5.75 Å². The maximum absolute atomic E-state index is 13.1. The number of benzene rings is 2. The maximum atomic E-state index is 13.1. The number of aromatic nitrogens is 2. The van der Waals surface area contributed by atoms with E-state index in [9.17, 15) is 9.59 Å². The fourth-order valence-corrected chi connectivity index (χ4v) is 4.27. The highest BCUT2D eigenvalue weighted by Gasteiger charge is 2.29. The largest absolute Gasteiger partial charge is 0.497 e. The normalized spacial score (nSPS) is 13.6. The summed E-state index contributed by atoms with van der Waals surface area (Å²) < 4.78 is 5.18. The molecule has 3 aromatic rings. The number of carbonyl (C=O) groups excluding carboxylic acids is 2. The van der Waals surface area contributed by atoms with Gasteiger partial charge in [-0.25, -0.2) is 0 Å². The molecule has 2 aromatic carbocycles. The van der Waals surface area contributed by atoms with Gasteiger partial charge in [-0.1, -0.05) is 68.9 Å². The van der Waals surface area contributed by atoms with Crippen LogP contribution in [0.15, 0.2) is 54.6 Å². The van der Waals surface area contributed by atoms with Gasteiger partial charge in [0.2, 0.25) is 16.9 Å². The van der Waals surface area contributed by atoms with E-state index in [-0.39, 0.29) is 23.7 Å². The van der Waals surface area contributed by atoms with Crippen LogP contribution >= 0.6 is 11.3 Å². The summed E-state index contributed by atoms with van der Waals surface area (Å²) in [6.45, 7) is 5.92. The van der Waals surface area contributed by atoms with Crippen LogP contribution in [-0.2, 0) is 9.59 Å². The van der Waals surface area contributed by atoms with Gasteiger partial charge in [-0.3, -0.25) is 14.9 Å². The fourth-order valence-electron chi connectivity index (χ4n) is 3.52. The Balaban J connectivity index is 1.72. The Morgan fingerprint density at radius 3 is 2.27 bits per heavy atom. The summed E-state index contributed by atoms with van der Waals surface area (Å²) in [5.74, 6) is -0.0480. The predicted molar refractivity (Wildman–Crippen MR) is 131 cm³/mol. The Morgan fingerprint density at radius 2 is 1.67 bits per heavy atom. The minimum absolute atomic E-state index is 0.0452. The van der Waals surface area contributed by atoms with Crippen molar-refractivity contribution in [3.8, 4) is 16.3 Å². The van der Waals surface area contributed by atoms with Gasteiger partial charge in [0, 0.05) is 5.56 Å². The van der Waals surface area contributed by atoms with Crippen LogP contribution in [0.4, 0.5) is 5.13 Å². The molecule has 7 nitrogen and oxygen atoms in total. The second kappa shape index (κ2) is 11.6. The second-order valence-corrected chi connectivity index (χ2v) is 8.85. The van der Waals surface area contributed by atoms with E-state index in [2.05, 4.69) is 20.8 Å². The first kappa shape index (κ1) is 24.4. The molecule has 0 saturated carbocycles. The van der Waals surface area contributed by atoms with Crippen LogP contribution < -0.4 is 15.4 Å². The summed E-state index contributed by atoms with van der Waals surface area (Å²) in [5, 5.41) is 15.2. The zero-order chi connectivity index (χ0) is 23.8. The van der Waals surface area contributed by atoms with Crippen molar-refractivity contribution in [2.24, 2.45) is 5.92 Å². The predicted octanol–water partition coefficient (Wildman–Crippen LogP) is 4.88. The highest BCUT2D eigenvalue weighted by molar-refractivity contribution is 7.18. The first-order valence-corrected chi connectivity index (χ1v) is 11.9. The molecule has 0 saturated heterocycles. The molecule has 8 heteroatoms. The lowest BCUT2D eigenvalue weighted by atomic mass is 9.93. The van der Waals surface area contributed by atoms with Crippen LogP contribution in [-0.4, -0.2) is 35.2 Å². The Morgan fingerprint density at radius 1 is 0.970 bits per heavy atom. The van der Waals surface area contributed by atoms with E-state index in [4.69, 9.17) is 4.74 Å². The van der Waals surface area contributed by atoms with E-state index in [1.165, 1.54) is 11.3 Å². The van der Waals surface area contributed by atoms with Crippen LogP contribution in [0.2, 0.25) is 0 Å². The third-order valence-corrected chi connectivity index (χ3v) is 6.60. The number of amides is 2. The smallest absolute Gasteiger partial charge is 0.249 e. The molecular weight excluding hydrogens is 436 g/mol. The molecule has 0 aliphatic rings. The zero-order valence-electron chi connectivity index (χ0n) is 19.4. The number of hydrogen-bond acceptors (Lipinski definition) is 6. The molecule has 3 rings (SSSR count). The number of methoxy groups -OCH3 is 1. The highest BCUT2D eigenvalue weighted by Crippen LogP contribution is 2.28. The first-order valence-electron chi connectivity index (χ1n) is 11.1. The SMILES string of the molecule is CCC(C(=O)NC(C(=O)Nc1nnc(-c2ccc(OC)cc2)s1)C(C)CC)c1ccccc1. The number of nitrogens with one attached hydrogen (secondary N) is 2. The van der Waals surface area contributed by atoms with Crippen molar-refractivity contribution in [2.45, 2.75) is 45.6 Å². The molecule has 0 spiro atoms. The average molecular weight is 467 g/mol. The number of nitrogens with zero attached hydrogens (tertiary/aromatic N) is 2. The van der Waals surface area contributed by atoms with Crippen LogP contribution in [0.1, 0.15) is 45.1 Å². The molecule has 0 aliphatic carbocycles. The van der Waals surface area contributed by atoms with Gasteiger partial charge in [0.25, 0.3) is 0 Å². The van der Waals surface area contributed by atoms with Crippen LogP contribution in [0.3, 0.4) is 0 Å². The van der Waals surface area contributed by atoms with Gasteiger partial charge < -0.3 is 10.1 Å². The van der Waals surface area contributed by atoms with Crippen molar-refractivity contribution in [2.75, 3.05) is 12.4 Å². The summed E-state index contributed by atoms with van der Waals surface area (Å²) in [5.41, 5.74) is 1.82. The lowest BCUT2D eigenvalue weighted by molar-refractivity contribution is -0.128. The van der Waals surface area contributed by atoms with E-state index < -0.39 is 6.04 Å². The summed E-state index contributed by atoms with van der Waals surface area (Å²) in [4.78, 5) is 26.2. The monoisotopic (exact) mass is 466 g/mol. The quantitative estimate of drug-likeness (QED) is 0.444. The molecule has 33 heavy (non-hydrogen) atoms. The summed E-state index contributed by atoms with van der Waals surface area (Å²) in [7, 11) is 1.61. The summed E-state index contributed by atoms with van der Waals surface area (Å²) >= 11 is 1.28. The zero-order valence-corrected chi connectivity index (χ0v) is 20.2. The van der Waals surface area contributed by atoms with Gasteiger partial charge in [-0.2, -0.15) is 0 Å². The lowest BCUT2D eigenvalue weighted by Gasteiger charge is -2.25. The van der Waals surface area contributed by atoms with E-state index >= 15 is 0 Å². The van der Waals surface area contributed by atoms with Crippen LogP contribution in [0.25, 0.3) is 10.6 Å². The number of carbonyl (C=O) groups is 2. The number of hydrogen-bond donors (Lipinski definition) is 2. The van der Waals surface area contributed by atoms with Crippen molar-refractivity contribution in [3.63, 3.8) is 0 Å². The molecule has 2 amide bonds. The molecule has 3 unspecified atom stereocenters. The fraction of sp³-hybridized carbons (Fsp3) is 0.360. The van der Waals surface area contributed by atoms with Crippen LogP contribution in [0, 0.1) is 5.92 Å². The van der Waals surface area contributed by atoms with E-state index in [1.54, 1.807) is 7.11 Å². The molecular formula is C25H30N4O3S. The van der Waals surface area contributed by atoms with Gasteiger partial charge >= 0.3 is 0 Å². The summed E-state index contributed by atoms with van der Waals surface area (Å²) in [6, 6.07) is 16.4. The number of anilines is 1. The third kappa shape index (κ3) is 6.16. The molecule has 0 bridgehead atoms. The standard InChI is InChI=1S/C25H30N4O3S/c1-5-16(3)21(26-22(30)20(6-2)17-10-8-7-9-11-17)23(31)27-25-29-28-24(33-25)18-12-14-19(32-4)15-13-18/h7-16,20-21H,5-6H2,1-4H3,(H,26,30)(H,27,29,31). The first-order chi connectivity index (χ1) is 16.0. The lowest BCUT2D eigenvalue weighted by Crippen LogP contribution is -2.49. The average Bonchev–Trinajstić information content (AvgIpc) is 3.31. The van der Waals surface area contributed by atoms with Crippen molar-refractivity contribution in [1.29, 1.82) is 0 Å². The second-order valence-electron chi connectivity index (χ2n) is 7.87. The molecule has 0 aliphatic heterocycles. The molecule has 0 fully saturated rings. The highest BCUT2D eigenvalue weighted by atomic mass is 32.1. The van der Waals surface area contributed by atoms with Gasteiger partial charge in [-0.15, -0.1) is 10.2 Å². The van der Waals surface area contributed by atoms with Gasteiger partial charge in [0.05, 0.1) is 13.0 Å². The topological polar surface area (TPSA) is 93.2 Å². The van der Waals surface area contributed by atoms with E-state index in [0.29, 0.717) is 16.6 Å². The Bertz CT molecular complexity index is 1050. The van der Waals surface area contributed by atoms with Gasteiger partial charge in [0.15, 0.2) is 0 Å². The molecule has 1 heterocycles. The Kier molecular flexibility index (Phi) is 8.54. The van der Waals surface area contributed by atoms with Crippen molar-refractivity contribution >= 4 is 28.3 Å². The maximum Gasteiger partial charge on any atom is 0.249 e. The molecule has 0 radical (unpaired) electrons. The van der Waals surface area contributed by atoms with Crippen molar-refractivity contribution in [3.05, 3.63) is 60.2 Å². The summed E-state index contributed by atoms with van der Waals surface area (Å²) in [6.07, 6.45) is 1.39. The third-order valence-electron chi connectivity index (χ3n) is 5.71. The minimum Gasteiger partial charge on any atom is -0.497 e. The Hall–Kier alpha value is -3.26. The Labute approximate surface area is 198 Å².